The van der Waals surface area contributed by atoms with Gasteiger partial charge in [0.05, 0.1) is 12.2 Å². The molecule has 2 rings (SSSR count). The van der Waals surface area contributed by atoms with Gasteiger partial charge in [-0.15, -0.1) is 0 Å². The van der Waals surface area contributed by atoms with Crippen LogP contribution >= 0.6 is 0 Å². The highest BCUT2D eigenvalue weighted by atomic mass is 16.5. The van der Waals surface area contributed by atoms with E-state index >= 15 is 0 Å². The van der Waals surface area contributed by atoms with Gasteiger partial charge in [0.25, 0.3) is 0 Å². The Bertz CT molecular complexity index is 598. The molecular weight excluding hydrogens is 304 g/mol. The fourth-order valence-electron chi connectivity index (χ4n) is 2.73. The number of amides is 2. The van der Waals surface area contributed by atoms with Crippen LogP contribution in [0.3, 0.4) is 0 Å². The van der Waals surface area contributed by atoms with Crippen LogP contribution in [0.15, 0.2) is 18.2 Å². The van der Waals surface area contributed by atoms with E-state index < -0.39 is 0 Å². The van der Waals surface area contributed by atoms with E-state index in [1.165, 1.54) is 0 Å². The van der Waals surface area contributed by atoms with Crippen molar-refractivity contribution in [1.29, 1.82) is 0 Å². The van der Waals surface area contributed by atoms with E-state index in [1.54, 1.807) is 4.90 Å². The number of hydrogen-bond donors (Lipinski definition) is 1. The Morgan fingerprint density at radius 2 is 2.08 bits per heavy atom. The summed E-state index contributed by atoms with van der Waals surface area (Å²) in [5.74, 6) is 1.20. The summed E-state index contributed by atoms with van der Waals surface area (Å²) < 4.78 is 5.80. The van der Waals surface area contributed by atoms with Crippen LogP contribution in [0.1, 0.15) is 45.6 Å². The number of fused-ring (bicyclic) bond motifs is 1. The Morgan fingerprint density at radius 3 is 2.79 bits per heavy atom. The van der Waals surface area contributed by atoms with Gasteiger partial charge in [-0.25, -0.2) is 0 Å². The number of carbonyl (C=O) groups excluding carboxylic acids is 2. The molecule has 1 N–H and O–H groups in total. The van der Waals surface area contributed by atoms with E-state index in [4.69, 9.17) is 4.74 Å². The second kappa shape index (κ2) is 8.18. The SMILES string of the molecule is Cc1ccc2c(c1)N(C(=O)CCC(=O)NCCC(C)C)C[C@@H](C)O2. The predicted molar refractivity (Wildman–Crippen MR) is 95.3 cm³/mol. The Hall–Kier alpha value is -2.04. The normalized spacial score (nSPS) is 16.5. The van der Waals surface area contributed by atoms with Crippen LogP contribution in [-0.4, -0.2) is 31.0 Å². The number of nitrogens with one attached hydrogen (secondary N) is 1. The summed E-state index contributed by atoms with van der Waals surface area (Å²) in [6.45, 7) is 9.36. The van der Waals surface area contributed by atoms with Crippen molar-refractivity contribution in [3.63, 3.8) is 0 Å². The Labute approximate surface area is 144 Å². The number of anilines is 1. The average molecular weight is 332 g/mol. The molecule has 1 heterocycles. The first-order valence-electron chi connectivity index (χ1n) is 8.71. The second-order valence-electron chi connectivity index (χ2n) is 6.94. The van der Waals surface area contributed by atoms with E-state index in [9.17, 15) is 9.59 Å². The van der Waals surface area contributed by atoms with Crippen LogP contribution in [0.25, 0.3) is 0 Å². The van der Waals surface area contributed by atoms with E-state index in [2.05, 4.69) is 19.2 Å². The van der Waals surface area contributed by atoms with Crippen molar-refractivity contribution in [3.05, 3.63) is 23.8 Å². The highest BCUT2D eigenvalue weighted by Crippen LogP contribution is 2.34. The smallest absolute Gasteiger partial charge is 0.227 e. The summed E-state index contributed by atoms with van der Waals surface area (Å²) >= 11 is 0. The van der Waals surface area contributed by atoms with Crippen molar-refractivity contribution in [2.75, 3.05) is 18.0 Å². The number of carbonyl (C=O) groups is 2. The van der Waals surface area contributed by atoms with Gasteiger partial charge in [0, 0.05) is 19.4 Å². The molecule has 0 saturated carbocycles. The van der Waals surface area contributed by atoms with Gasteiger partial charge in [0.2, 0.25) is 11.8 Å². The van der Waals surface area contributed by atoms with Gasteiger partial charge in [-0.1, -0.05) is 19.9 Å². The summed E-state index contributed by atoms with van der Waals surface area (Å²) in [6.07, 6.45) is 1.34. The summed E-state index contributed by atoms with van der Waals surface area (Å²) in [4.78, 5) is 26.2. The zero-order valence-corrected chi connectivity index (χ0v) is 15.1. The van der Waals surface area contributed by atoms with Crippen LogP contribution in [0.5, 0.6) is 5.75 Å². The van der Waals surface area contributed by atoms with E-state index in [0.717, 1.165) is 23.4 Å². The fraction of sp³-hybridized carbons (Fsp3) is 0.579. The third kappa shape index (κ3) is 4.98. The molecule has 1 aliphatic rings. The van der Waals surface area contributed by atoms with E-state index in [0.29, 0.717) is 19.0 Å². The molecule has 0 unspecified atom stereocenters. The van der Waals surface area contributed by atoms with Crippen molar-refractivity contribution in [3.8, 4) is 5.75 Å². The molecule has 1 aliphatic heterocycles. The fourth-order valence-corrected chi connectivity index (χ4v) is 2.73. The Morgan fingerprint density at radius 1 is 1.33 bits per heavy atom. The largest absolute Gasteiger partial charge is 0.487 e. The zero-order valence-electron chi connectivity index (χ0n) is 15.1. The van der Waals surface area contributed by atoms with Gasteiger partial charge >= 0.3 is 0 Å². The standard InChI is InChI=1S/C19H28N2O3/c1-13(2)9-10-20-18(22)7-8-19(23)21-12-15(4)24-17-6-5-14(3)11-16(17)21/h5-6,11,13,15H,7-10,12H2,1-4H3,(H,20,22)/t15-/m1/s1. The topological polar surface area (TPSA) is 58.6 Å². The maximum Gasteiger partial charge on any atom is 0.227 e. The van der Waals surface area contributed by atoms with Gasteiger partial charge < -0.3 is 15.0 Å². The zero-order chi connectivity index (χ0) is 17.7. The highest BCUT2D eigenvalue weighted by Gasteiger charge is 2.27. The quantitative estimate of drug-likeness (QED) is 0.871. The van der Waals surface area contributed by atoms with Gasteiger partial charge in [-0.05, 0) is 43.9 Å². The lowest BCUT2D eigenvalue weighted by Gasteiger charge is -2.33. The second-order valence-corrected chi connectivity index (χ2v) is 6.94. The number of nitrogens with zero attached hydrogens (tertiary/aromatic N) is 1. The van der Waals surface area contributed by atoms with Gasteiger partial charge in [-0.2, -0.15) is 0 Å². The van der Waals surface area contributed by atoms with Crippen molar-refractivity contribution in [1.82, 2.24) is 5.32 Å². The molecule has 0 radical (unpaired) electrons. The third-order valence-electron chi connectivity index (χ3n) is 4.08. The van der Waals surface area contributed by atoms with Crippen molar-refractivity contribution < 1.29 is 14.3 Å². The first-order valence-corrected chi connectivity index (χ1v) is 8.71. The van der Waals surface area contributed by atoms with Crippen LogP contribution in [0.2, 0.25) is 0 Å². The highest BCUT2D eigenvalue weighted by molar-refractivity contribution is 5.97. The molecule has 1 atom stereocenters. The maximum absolute atomic E-state index is 12.6. The monoisotopic (exact) mass is 332 g/mol. The maximum atomic E-state index is 12.6. The lowest BCUT2D eigenvalue weighted by atomic mass is 10.1. The number of benzene rings is 1. The predicted octanol–water partition coefficient (Wildman–Crippen LogP) is 3.05. The molecule has 1 aromatic carbocycles. The first kappa shape index (κ1) is 18.3. The van der Waals surface area contributed by atoms with Crippen LogP contribution in [0.4, 0.5) is 5.69 Å². The van der Waals surface area contributed by atoms with Gasteiger partial charge in [0.1, 0.15) is 11.9 Å². The minimum Gasteiger partial charge on any atom is -0.487 e. The van der Waals surface area contributed by atoms with Gasteiger partial charge in [-0.3, -0.25) is 9.59 Å². The molecule has 2 amide bonds. The summed E-state index contributed by atoms with van der Waals surface area (Å²) in [7, 11) is 0. The lowest BCUT2D eigenvalue weighted by Crippen LogP contribution is -2.42. The summed E-state index contributed by atoms with van der Waals surface area (Å²) in [6, 6.07) is 5.84. The molecular formula is C19H28N2O3. The van der Waals surface area contributed by atoms with Crippen molar-refractivity contribution in [2.45, 2.75) is 53.1 Å². The average Bonchev–Trinajstić information content (AvgIpc) is 2.52. The molecule has 0 fully saturated rings. The molecule has 0 saturated heterocycles. The Kier molecular flexibility index (Phi) is 6.23. The minimum atomic E-state index is -0.0604. The number of rotatable bonds is 6. The molecule has 0 aliphatic carbocycles. The molecule has 5 heteroatoms. The van der Waals surface area contributed by atoms with Gasteiger partial charge in [0.15, 0.2) is 0 Å². The molecule has 0 bridgehead atoms. The summed E-state index contributed by atoms with van der Waals surface area (Å²) in [5.41, 5.74) is 1.88. The number of aryl methyl sites for hydroxylation is 1. The summed E-state index contributed by atoms with van der Waals surface area (Å²) in [5, 5.41) is 2.87. The minimum absolute atomic E-state index is 0.0315. The van der Waals surface area contributed by atoms with Crippen molar-refractivity contribution >= 4 is 17.5 Å². The number of ether oxygens (including phenoxy) is 1. The molecule has 0 aromatic heterocycles. The molecule has 5 nitrogen and oxygen atoms in total. The molecule has 24 heavy (non-hydrogen) atoms. The number of hydrogen-bond acceptors (Lipinski definition) is 3. The Balaban J connectivity index is 1.93. The molecule has 132 valence electrons. The van der Waals surface area contributed by atoms with Crippen LogP contribution < -0.4 is 15.0 Å². The first-order chi connectivity index (χ1) is 11.4. The van der Waals surface area contributed by atoms with Crippen LogP contribution in [0, 0.1) is 12.8 Å². The molecule has 1 aromatic rings. The van der Waals surface area contributed by atoms with Crippen LogP contribution in [-0.2, 0) is 9.59 Å². The third-order valence-corrected chi connectivity index (χ3v) is 4.08. The van der Waals surface area contributed by atoms with E-state index in [-0.39, 0.29) is 30.8 Å². The van der Waals surface area contributed by atoms with E-state index in [1.807, 2.05) is 32.0 Å². The molecule has 0 spiro atoms. The lowest BCUT2D eigenvalue weighted by molar-refractivity contribution is -0.125. The van der Waals surface area contributed by atoms with Crippen molar-refractivity contribution in [2.24, 2.45) is 5.92 Å².